The number of aromatic amines is 1. The predicted octanol–water partition coefficient (Wildman–Crippen LogP) is -0.806. The smallest absolute Gasteiger partial charge is 0.0795 e. The van der Waals surface area contributed by atoms with Gasteiger partial charge in [-0.2, -0.15) is 5.10 Å². The highest BCUT2D eigenvalue weighted by Gasteiger charge is 1.88. The van der Waals surface area contributed by atoms with Crippen LogP contribution in [0.15, 0.2) is 12.3 Å². The number of hydrogen-bond donors (Lipinski definition) is 2. The number of hydrogen-bond acceptors (Lipinski definition) is 1. The topological polar surface area (TPSA) is 56.3 Å². The molecule has 3 nitrogen and oxygen atoms in total. The lowest BCUT2D eigenvalue weighted by Gasteiger charge is -1.84. The molecule has 0 fully saturated rings. The van der Waals surface area contributed by atoms with Crippen molar-refractivity contribution < 1.29 is 5.73 Å². The molecule has 0 aliphatic rings. The highest BCUT2D eigenvalue weighted by molar-refractivity contribution is 4.96. The maximum atomic E-state index is 3.79. The van der Waals surface area contributed by atoms with Crippen LogP contribution in [0.25, 0.3) is 0 Å². The van der Waals surface area contributed by atoms with E-state index in [1.807, 2.05) is 6.07 Å². The third kappa shape index (κ3) is 1.07. The molecule has 0 aliphatic carbocycles. The zero-order valence-electron chi connectivity index (χ0n) is 4.72. The van der Waals surface area contributed by atoms with E-state index in [9.17, 15) is 0 Å². The van der Waals surface area contributed by atoms with E-state index in [2.05, 4.69) is 15.9 Å². The Bertz CT molecular complexity index is 133. The summed E-state index contributed by atoms with van der Waals surface area (Å²) in [5.41, 5.74) is 4.88. The Morgan fingerprint density at radius 1 is 1.75 bits per heavy atom. The summed E-state index contributed by atoms with van der Waals surface area (Å²) in [7, 11) is 0. The van der Waals surface area contributed by atoms with E-state index in [4.69, 9.17) is 0 Å². The molecule has 0 saturated carbocycles. The zero-order valence-corrected chi connectivity index (χ0v) is 4.72. The van der Waals surface area contributed by atoms with Crippen LogP contribution in [0.1, 0.15) is 5.69 Å². The summed E-state index contributed by atoms with van der Waals surface area (Å²) in [4.78, 5) is 0. The van der Waals surface area contributed by atoms with Crippen LogP contribution in [-0.2, 0) is 6.42 Å². The molecule has 1 rings (SSSR count). The molecule has 3 heteroatoms. The third-order valence-corrected chi connectivity index (χ3v) is 1.00. The van der Waals surface area contributed by atoms with E-state index in [-0.39, 0.29) is 0 Å². The molecule has 0 aliphatic heterocycles. The Balaban J connectivity index is 2.50. The van der Waals surface area contributed by atoms with Gasteiger partial charge in [-0.05, 0) is 6.07 Å². The van der Waals surface area contributed by atoms with Crippen LogP contribution in [0.3, 0.4) is 0 Å². The number of nitrogens with one attached hydrogen (secondary N) is 1. The van der Waals surface area contributed by atoms with Crippen molar-refractivity contribution in [1.82, 2.24) is 10.2 Å². The molecule has 0 amide bonds. The quantitative estimate of drug-likeness (QED) is 0.516. The van der Waals surface area contributed by atoms with Gasteiger partial charge in [0.05, 0.1) is 6.54 Å². The molecule has 8 heavy (non-hydrogen) atoms. The number of aromatic nitrogens is 2. The van der Waals surface area contributed by atoms with E-state index < -0.39 is 0 Å². The summed E-state index contributed by atoms with van der Waals surface area (Å²) in [5, 5.41) is 6.64. The van der Waals surface area contributed by atoms with Crippen LogP contribution < -0.4 is 5.73 Å². The van der Waals surface area contributed by atoms with Gasteiger partial charge in [-0.1, -0.05) is 0 Å². The van der Waals surface area contributed by atoms with Gasteiger partial charge >= 0.3 is 0 Å². The Hall–Kier alpha value is -0.830. The lowest BCUT2D eigenvalue weighted by Crippen LogP contribution is -2.51. The van der Waals surface area contributed by atoms with E-state index in [0.717, 1.165) is 13.0 Å². The Labute approximate surface area is 47.9 Å². The van der Waals surface area contributed by atoms with E-state index in [0.29, 0.717) is 0 Å². The van der Waals surface area contributed by atoms with Gasteiger partial charge in [-0.25, -0.2) is 0 Å². The summed E-state index contributed by atoms with van der Waals surface area (Å²) >= 11 is 0. The highest BCUT2D eigenvalue weighted by atomic mass is 15.1. The second-order valence-corrected chi connectivity index (χ2v) is 1.69. The van der Waals surface area contributed by atoms with E-state index in [1.165, 1.54) is 5.69 Å². The van der Waals surface area contributed by atoms with Crippen LogP contribution in [0.2, 0.25) is 0 Å². The van der Waals surface area contributed by atoms with Gasteiger partial charge in [0.25, 0.3) is 0 Å². The van der Waals surface area contributed by atoms with Crippen molar-refractivity contribution in [3.63, 3.8) is 0 Å². The Kier molecular flexibility index (Phi) is 1.64. The summed E-state index contributed by atoms with van der Waals surface area (Å²) in [5.74, 6) is 0. The number of H-pyrrole nitrogens is 1. The van der Waals surface area contributed by atoms with Gasteiger partial charge in [0.2, 0.25) is 0 Å². The first-order chi connectivity index (χ1) is 3.93. The molecule has 1 heterocycles. The van der Waals surface area contributed by atoms with Crippen molar-refractivity contribution in [2.24, 2.45) is 0 Å². The van der Waals surface area contributed by atoms with Gasteiger partial charge in [0, 0.05) is 18.3 Å². The normalized spacial score (nSPS) is 9.62. The van der Waals surface area contributed by atoms with Crippen molar-refractivity contribution >= 4 is 0 Å². The minimum absolute atomic E-state index is 0.933. The fourth-order valence-electron chi connectivity index (χ4n) is 0.614. The molecule has 0 unspecified atom stereocenters. The first kappa shape index (κ1) is 5.31. The monoisotopic (exact) mass is 112 g/mol. The molecule has 0 aromatic carbocycles. The minimum Gasteiger partial charge on any atom is -0.357 e. The maximum absolute atomic E-state index is 3.79. The van der Waals surface area contributed by atoms with Gasteiger partial charge in [0.15, 0.2) is 0 Å². The van der Waals surface area contributed by atoms with Crippen molar-refractivity contribution in [3.8, 4) is 0 Å². The molecule has 0 spiro atoms. The van der Waals surface area contributed by atoms with Gasteiger partial charge in [-0.3, -0.25) is 5.10 Å². The number of quaternary nitrogens is 1. The third-order valence-electron chi connectivity index (χ3n) is 1.00. The van der Waals surface area contributed by atoms with Crippen LogP contribution >= 0.6 is 0 Å². The second-order valence-electron chi connectivity index (χ2n) is 1.69. The standard InChI is InChI=1S/C5H9N3/c6-3-1-5-2-4-7-8-5/h2,4H,1,3,6H2,(H,7,8)/p+1. The number of nitrogens with zero attached hydrogens (tertiary/aromatic N) is 1. The molecule has 1 aromatic heterocycles. The molecule has 0 saturated heterocycles. The van der Waals surface area contributed by atoms with Crippen molar-refractivity contribution in [1.29, 1.82) is 0 Å². The predicted molar refractivity (Wildman–Crippen MR) is 30.0 cm³/mol. The average Bonchev–Trinajstić information content (AvgIpc) is 2.19. The molecule has 44 valence electrons. The van der Waals surface area contributed by atoms with Crippen LogP contribution in [0, 0.1) is 0 Å². The molecule has 0 atom stereocenters. The van der Waals surface area contributed by atoms with Crippen LogP contribution in [0.5, 0.6) is 0 Å². The van der Waals surface area contributed by atoms with Crippen molar-refractivity contribution in [2.75, 3.05) is 6.54 Å². The van der Waals surface area contributed by atoms with Gasteiger partial charge in [-0.15, -0.1) is 0 Å². The number of rotatable bonds is 2. The SMILES string of the molecule is [NH3+]CCc1ccn[nH]1. The average molecular weight is 112 g/mol. The molecule has 1 aromatic rings. The van der Waals surface area contributed by atoms with Crippen LogP contribution in [0.4, 0.5) is 0 Å². The lowest BCUT2D eigenvalue weighted by atomic mass is 10.3. The lowest BCUT2D eigenvalue weighted by molar-refractivity contribution is -0.366. The molecule has 0 radical (unpaired) electrons. The maximum Gasteiger partial charge on any atom is 0.0795 e. The van der Waals surface area contributed by atoms with Gasteiger partial charge < -0.3 is 5.73 Å². The molecule has 0 bridgehead atoms. The summed E-state index contributed by atoms with van der Waals surface area (Å²) in [6, 6.07) is 1.96. The first-order valence-electron chi connectivity index (χ1n) is 2.71. The largest absolute Gasteiger partial charge is 0.357 e. The summed E-state index contributed by atoms with van der Waals surface area (Å²) < 4.78 is 0. The Morgan fingerprint density at radius 2 is 2.62 bits per heavy atom. The second kappa shape index (κ2) is 2.47. The van der Waals surface area contributed by atoms with E-state index in [1.54, 1.807) is 6.20 Å². The minimum atomic E-state index is 0.933. The molecular weight excluding hydrogens is 102 g/mol. The Morgan fingerprint density at radius 3 is 3.12 bits per heavy atom. The van der Waals surface area contributed by atoms with Crippen molar-refractivity contribution in [3.05, 3.63) is 18.0 Å². The fourth-order valence-corrected chi connectivity index (χ4v) is 0.614. The first-order valence-corrected chi connectivity index (χ1v) is 2.71. The molecule has 4 N–H and O–H groups in total. The summed E-state index contributed by atoms with van der Waals surface area (Å²) in [6.07, 6.45) is 2.75. The fraction of sp³-hybridized carbons (Fsp3) is 0.400. The molecular formula is C5H10N3+. The zero-order chi connectivity index (χ0) is 5.82. The van der Waals surface area contributed by atoms with Crippen LogP contribution in [-0.4, -0.2) is 16.7 Å². The summed E-state index contributed by atoms with van der Waals surface area (Å²) in [6.45, 7) is 0.933. The van der Waals surface area contributed by atoms with E-state index >= 15 is 0 Å². The van der Waals surface area contributed by atoms with Gasteiger partial charge in [0.1, 0.15) is 0 Å². The highest BCUT2D eigenvalue weighted by Crippen LogP contribution is 1.88. The van der Waals surface area contributed by atoms with Crippen molar-refractivity contribution in [2.45, 2.75) is 6.42 Å².